The lowest BCUT2D eigenvalue weighted by Crippen LogP contribution is -2.48. The summed E-state index contributed by atoms with van der Waals surface area (Å²) in [6, 6.07) is 29.3. The van der Waals surface area contributed by atoms with E-state index in [9.17, 15) is 4.79 Å². The lowest BCUT2D eigenvalue weighted by molar-refractivity contribution is 0.0895. The van der Waals surface area contributed by atoms with Crippen LogP contribution in [0.3, 0.4) is 0 Å². The van der Waals surface area contributed by atoms with E-state index < -0.39 is 0 Å². The van der Waals surface area contributed by atoms with Crippen LogP contribution in [-0.4, -0.2) is 40.5 Å². The Kier molecular flexibility index (Phi) is 6.21. The average Bonchev–Trinajstić information content (AvgIpc) is 2.84. The summed E-state index contributed by atoms with van der Waals surface area (Å²) in [5, 5.41) is 0.758. The zero-order chi connectivity index (χ0) is 21.9. The molecular formula is C27H26BrN3O. The highest BCUT2D eigenvalue weighted by Gasteiger charge is 2.26. The van der Waals surface area contributed by atoms with Gasteiger partial charge in [0.1, 0.15) is 0 Å². The number of piperazine rings is 1. The molecule has 4 aromatic rings. The molecule has 5 heteroatoms. The standard InChI is InChI=1S/C27H26BrN3O/c28-24-13-7-12-23-25(32)14-15-31(27(23)24)20-29-16-18-30(19-17-29)26(21-8-3-1-4-9-21)22-10-5-2-6-11-22/h1-15,26H,16-20H2. The second-order valence-corrected chi connectivity index (χ2v) is 9.16. The molecule has 3 aromatic carbocycles. The minimum atomic E-state index is 0.0657. The molecule has 1 aliphatic heterocycles. The highest BCUT2D eigenvalue weighted by atomic mass is 79.9. The number of para-hydroxylation sites is 1. The van der Waals surface area contributed by atoms with Crippen molar-refractivity contribution in [1.29, 1.82) is 0 Å². The monoisotopic (exact) mass is 487 g/mol. The molecule has 0 saturated carbocycles. The SMILES string of the molecule is O=c1ccn(CN2CCN(C(c3ccccc3)c3ccccc3)CC2)c2c(Br)cccc12. The normalized spacial score (nSPS) is 15.4. The lowest BCUT2D eigenvalue weighted by atomic mass is 9.96. The molecule has 0 spiro atoms. The first-order valence-electron chi connectivity index (χ1n) is 11.0. The molecule has 0 aliphatic carbocycles. The summed E-state index contributed by atoms with van der Waals surface area (Å²) in [7, 11) is 0. The van der Waals surface area contributed by atoms with E-state index in [0.29, 0.717) is 0 Å². The van der Waals surface area contributed by atoms with Crippen LogP contribution >= 0.6 is 15.9 Å². The smallest absolute Gasteiger partial charge is 0.189 e. The number of rotatable bonds is 5. The molecule has 2 heterocycles. The van der Waals surface area contributed by atoms with E-state index in [2.05, 4.69) is 91.0 Å². The van der Waals surface area contributed by atoms with E-state index in [1.54, 1.807) is 6.07 Å². The Labute approximate surface area is 196 Å². The van der Waals surface area contributed by atoms with Crippen molar-refractivity contribution in [1.82, 2.24) is 14.4 Å². The maximum absolute atomic E-state index is 12.3. The van der Waals surface area contributed by atoms with Gasteiger partial charge < -0.3 is 4.57 Å². The van der Waals surface area contributed by atoms with Crippen LogP contribution in [0.1, 0.15) is 17.2 Å². The first kappa shape index (κ1) is 21.1. The van der Waals surface area contributed by atoms with Crippen LogP contribution in [0.4, 0.5) is 0 Å². The first-order chi connectivity index (χ1) is 15.7. The van der Waals surface area contributed by atoms with E-state index in [0.717, 1.165) is 48.2 Å². The van der Waals surface area contributed by atoms with Crippen molar-refractivity contribution in [3.8, 4) is 0 Å². The van der Waals surface area contributed by atoms with Gasteiger partial charge in [0.15, 0.2) is 5.43 Å². The van der Waals surface area contributed by atoms with Gasteiger partial charge in [-0.3, -0.25) is 14.6 Å². The summed E-state index contributed by atoms with van der Waals surface area (Å²) >= 11 is 3.64. The average molecular weight is 488 g/mol. The number of pyridine rings is 1. The molecule has 5 rings (SSSR count). The van der Waals surface area contributed by atoms with Crippen LogP contribution in [0.2, 0.25) is 0 Å². The minimum absolute atomic E-state index is 0.0657. The Balaban J connectivity index is 1.35. The number of fused-ring (bicyclic) bond motifs is 1. The van der Waals surface area contributed by atoms with Crippen LogP contribution in [-0.2, 0) is 6.67 Å². The molecule has 1 aliphatic rings. The highest BCUT2D eigenvalue weighted by Crippen LogP contribution is 2.29. The fourth-order valence-corrected chi connectivity index (χ4v) is 5.30. The molecule has 32 heavy (non-hydrogen) atoms. The Bertz CT molecular complexity index is 1210. The molecule has 0 unspecified atom stereocenters. The second kappa shape index (κ2) is 9.41. The number of nitrogens with zero attached hydrogens (tertiary/aromatic N) is 3. The molecule has 162 valence electrons. The van der Waals surface area contributed by atoms with Gasteiger partial charge in [-0.25, -0.2) is 0 Å². The predicted octanol–water partition coefficient (Wildman–Crippen LogP) is 5.13. The Morgan fingerprint density at radius 2 is 1.38 bits per heavy atom. The second-order valence-electron chi connectivity index (χ2n) is 8.31. The number of benzene rings is 3. The molecule has 1 aromatic heterocycles. The number of halogens is 1. The lowest BCUT2D eigenvalue weighted by Gasteiger charge is -2.40. The Morgan fingerprint density at radius 1 is 0.750 bits per heavy atom. The maximum atomic E-state index is 12.3. The molecule has 0 atom stereocenters. The van der Waals surface area contributed by atoms with E-state index in [1.165, 1.54) is 11.1 Å². The Morgan fingerprint density at radius 3 is 2.00 bits per heavy atom. The quantitative estimate of drug-likeness (QED) is 0.390. The number of aromatic nitrogens is 1. The van der Waals surface area contributed by atoms with Gasteiger partial charge in [0.2, 0.25) is 0 Å². The van der Waals surface area contributed by atoms with Crippen molar-refractivity contribution in [2.24, 2.45) is 0 Å². The van der Waals surface area contributed by atoms with Crippen LogP contribution < -0.4 is 5.43 Å². The molecule has 1 saturated heterocycles. The molecule has 0 bridgehead atoms. The van der Waals surface area contributed by atoms with Crippen LogP contribution in [0.5, 0.6) is 0 Å². The predicted molar refractivity (Wildman–Crippen MR) is 134 cm³/mol. The van der Waals surface area contributed by atoms with Crippen molar-refractivity contribution in [3.05, 3.63) is 117 Å². The summed E-state index contributed by atoms with van der Waals surface area (Å²) < 4.78 is 3.14. The van der Waals surface area contributed by atoms with Crippen molar-refractivity contribution >= 4 is 26.8 Å². The first-order valence-corrected chi connectivity index (χ1v) is 11.8. The topological polar surface area (TPSA) is 28.5 Å². The third-order valence-electron chi connectivity index (χ3n) is 6.30. The maximum Gasteiger partial charge on any atom is 0.189 e. The van der Waals surface area contributed by atoms with Gasteiger partial charge in [-0.05, 0) is 39.2 Å². The highest BCUT2D eigenvalue weighted by molar-refractivity contribution is 9.10. The summed E-state index contributed by atoms with van der Waals surface area (Å²) in [6.45, 7) is 4.72. The van der Waals surface area contributed by atoms with Gasteiger partial charge in [0.25, 0.3) is 0 Å². The third kappa shape index (κ3) is 4.29. The summed E-state index contributed by atoms with van der Waals surface area (Å²) in [5.41, 5.74) is 3.70. The molecule has 4 nitrogen and oxygen atoms in total. The van der Waals surface area contributed by atoms with Gasteiger partial charge in [0, 0.05) is 48.3 Å². The minimum Gasteiger partial charge on any atom is -0.333 e. The van der Waals surface area contributed by atoms with E-state index >= 15 is 0 Å². The molecule has 1 fully saturated rings. The van der Waals surface area contributed by atoms with Gasteiger partial charge in [-0.1, -0.05) is 66.7 Å². The van der Waals surface area contributed by atoms with Crippen molar-refractivity contribution < 1.29 is 0 Å². The molecule has 0 radical (unpaired) electrons. The van der Waals surface area contributed by atoms with Crippen LogP contribution in [0, 0.1) is 0 Å². The van der Waals surface area contributed by atoms with Gasteiger partial charge in [0.05, 0.1) is 18.2 Å². The van der Waals surface area contributed by atoms with Crippen molar-refractivity contribution in [2.45, 2.75) is 12.7 Å². The summed E-state index contributed by atoms with van der Waals surface area (Å²) in [6.07, 6.45) is 1.92. The molecule has 0 N–H and O–H groups in total. The van der Waals surface area contributed by atoms with Crippen molar-refractivity contribution in [2.75, 3.05) is 26.2 Å². The van der Waals surface area contributed by atoms with E-state index in [4.69, 9.17) is 0 Å². The fourth-order valence-electron chi connectivity index (χ4n) is 4.71. The number of hydrogen-bond acceptors (Lipinski definition) is 3. The van der Waals surface area contributed by atoms with Gasteiger partial charge in [-0.2, -0.15) is 0 Å². The Hall–Kier alpha value is -2.73. The summed E-state index contributed by atoms with van der Waals surface area (Å²) in [4.78, 5) is 17.4. The fraction of sp³-hybridized carbons (Fsp3) is 0.222. The van der Waals surface area contributed by atoms with Gasteiger partial charge in [-0.15, -0.1) is 0 Å². The molecule has 0 amide bonds. The van der Waals surface area contributed by atoms with E-state index in [-0.39, 0.29) is 11.5 Å². The zero-order valence-electron chi connectivity index (χ0n) is 17.9. The number of hydrogen-bond donors (Lipinski definition) is 0. The van der Waals surface area contributed by atoms with Crippen LogP contribution in [0.15, 0.2) is 100 Å². The zero-order valence-corrected chi connectivity index (χ0v) is 19.5. The van der Waals surface area contributed by atoms with Crippen LogP contribution in [0.25, 0.3) is 10.9 Å². The van der Waals surface area contributed by atoms with Crippen molar-refractivity contribution in [3.63, 3.8) is 0 Å². The summed E-state index contributed by atoms with van der Waals surface area (Å²) in [5.74, 6) is 0. The largest absolute Gasteiger partial charge is 0.333 e. The van der Waals surface area contributed by atoms with Gasteiger partial charge >= 0.3 is 0 Å². The van der Waals surface area contributed by atoms with E-state index in [1.807, 2.05) is 24.4 Å². The third-order valence-corrected chi connectivity index (χ3v) is 6.94. The molecular weight excluding hydrogens is 462 g/mol.